The van der Waals surface area contributed by atoms with Crippen LogP contribution in [0.5, 0.6) is 0 Å². The molecule has 9 heteroatoms. The molecule has 3 aromatic carbocycles. The Bertz CT molecular complexity index is 1190. The van der Waals surface area contributed by atoms with Crippen LogP contribution in [0.1, 0.15) is 11.1 Å². The average Bonchev–Trinajstić information content (AvgIpc) is 2.78. The number of nitro benzene ring substituents is 1. The van der Waals surface area contributed by atoms with Crippen molar-refractivity contribution in [1.82, 2.24) is 4.72 Å². The van der Waals surface area contributed by atoms with Crippen LogP contribution >= 0.6 is 0 Å². The lowest BCUT2D eigenvalue weighted by Gasteiger charge is -2.08. The Labute approximate surface area is 179 Å². The van der Waals surface area contributed by atoms with E-state index in [1.165, 1.54) is 60.7 Å². The predicted octanol–water partition coefficient (Wildman–Crippen LogP) is 3.73. The first-order chi connectivity index (χ1) is 14.8. The fourth-order valence-electron chi connectivity index (χ4n) is 2.64. The van der Waals surface area contributed by atoms with Crippen LogP contribution in [-0.4, -0.2) is 19.2 Å². The summed E-state index contributed by atoms with van der Waals surface area (Å²) in [6.45, 7) is 0.176. The van der Waals surface area contributed by atoms with Gasteiger partial charge >= 0.3 is 0 Å². The summed E-state index contributed by atoms with van der Waals surface area (Å²) >= 11 is 0. The summed E-state index contributed by atoms with van der Waals surface area (Å²) in [5.41, 5.74) is 1.87. The quantitative estimate of drug-likeness (QED) is 0.316. The van der Waals surface area contributed by atoms with E-state index in [-0.39, 0.29) is 17.1 Å². The summed E-state index contributed by atoms with van der Waals surface area (Å²) in [5, 5.41) is 13.3. The van der Waals surface area contributed by atoms with E-state index in [2.05, 4.69) is 10.0 Å². The van der Waals surface area contributed by atoms with Crippen LogP contribution < -0.4 is 10.0 Å². The van der Waals surface area contributed by atoms with E-state index >= 15 is 0 Å². The normalized spacial score (nSPS) is 11.4. The number of carbonyl (C=O) groups excluding carboxylic acids is 1. The molecular weight excluding hydrogens is 418 g/mol. The number of nitro groups is 1. The summed E-state index contributed by atoms with van der Waals surface area (Å²) in [6.07, 6.45) is 2.80. The molecular formula is C22H19N3O5S. The molecule has 8 nitrogen and oxygen atoms in total. The standard InChI is InChI=1S/C22H19N3O5S/c26-22(15-8-17-6-11-20(12-7-17)25(27)28)24-19-9-13-21(14-10-19)31(29,30)23-16-18-4-2-1-3-5-18/h1-15,23H,16H2,(H,24,26)/b15-8+. The third-order valence-electron chi connectivity index (χ3n) is 4.27. The molecule has 158 valence electrons. The first-order valence-electron chi connectivity index (χ1n) is 9.21. The van der Waals surface area contributed by atoms with Gasteiger partial charge in [0.1, 0.15) is 0 Å². The fraction of sp³-hybridized carbons (Fsp3) is 0.0455. The van der Waals surface area contributed by atoms with Crippen LogP contribution in [0.4, 0.5) is 11.4 Å². The Hall–Kier alpha value is -3.82. The predicted molar refractivity (Wildman–Crippen MR) is 118 cm³/mol. The Morgan fingerprint density at radius 2 is 1.58 bits per heavy atom. The number of hydrogen-bond acceptors (Lipinski definition) is 5. The third-order valence-corrected chi connectivity index (χ3v) is 5.69. The van der Waals surface area contributed by atoms with E-state index in [0.717, 1.165) is 5.56 Å². The van der Waals surface area contributed by atoms with Crippen molar-refractivity contribution in [2.75, 3.05) is 5.32 Å². The molecule has 3 aromatic rings. The molecule has 0 saturated carbocycles. The summed E-state index contributed by atoms with van der Waals surface area (Å²) in [5.74, 6) is -0.420. The summed E-state index contributed by atoms with van der Waals surface area (Å²) in [6, 6.07) is 20.7. The fourth-order valence-corrected chi connectivity index (χ4v) is 3.66. The van der Waals surface area contributed by atoms with Gasteiger partial charge in [0, 0.05) is 30.4 Å². The number of rotatable bonds is 8. The minimum absolute atomic E-state index is 0.0325. The van der Waals surface area contributed by atoms with Crippen molar-refractivity contribution in [3.05, 3.63) is 106 Å². The highest BCUT2D eigenvalue weighted by atomic mass is 32.2. The van der Waals surface area contributed by atoms with Crippen molar-refractivity contribution in [3.8, 4) is 0 Å². The van der Waals surface area contributed by atoms with Crippen molar-refractivity contribution in [2.45, 2.75) is 11.4 Å². The van der Waals surface area contributed by atoms with Crippen molar-refractivity contribution in [3.63, 3.8) is 0 Å². The number of sulfonamides is 1. The Morgan fingerprint density at radius 3 is 2.19 bits per heavy atom. The minimum atomic E-state index is -3.68. The highest BCUT2D eigenvalue weighted by Gasteiger charge is 2.13. The lowest BCUT2D eigenvalue weighted by Crippen LogP contribution is -2.23. The topological polar surface area (TPSA) is 118 Å². The molecule has 31 heavy (non-hydrogen) atoms. The van der Waals surface area contributed by atoms with Crippen LogP contribution in [0.15, 0.2) is 89.8 Å². The number of benzene rings is 3. The maximum Gasteiger partial charge on any atom is 0.269 e. The first kappa shape index (κ1) is 21.9. The Kier molecular flexibility index (Phi) is 6.91. The molecule has 0 fully saturated rings. The van der Waals surface area contributed by atoms with E-state index in [1.54, 1.807) is 0 Å². The van der Waals surface area contributed by atoms with E-state index in [1.807, 2.05) is 30.3 Å². The highest BCUT2D eigenvalue weighted by Crippen LogP contribution is 2.16. The first-order valence-corrected chi connectivity index (χ1v) is 10.7. The van der Waals surface area contributed by atoms with Gasteiger partial charge in [0.15, 0.2) is 0 Å². The number of carbonyl (C=O) groups is 1. The van der Waals surface area contributed by atoms with Gasteiger partial charge in [-0.1, -0.05) is 30.3 Å². The number of amides is 1. The van der Waals surface area contributed by atoms with Gasteiger partial charge < -0.3 is 5.32 Å². The molecule has 0 bridgehead atoms. The second kappa shape index (κ2) is 9.79. The molecule has 0 unspecified atom stereocenters. The van der Waals surface area contributed by atoms with E-state index in [9.17, 15) is 23.3 Å². The van der Waals surface area contributed by atoms with Gasteiger partial charge in [-0.2, -0.15) is 0 Å². The van der Waals surface area contributed by atoms with Gasteiger partial charge in [0.05, 0.1) is 9.82 Å². The average molecular weight is 437 g/mol. The molecule has 0 aliphatic heterocycles. The highest BCUT2D eigenvalue weighted by molar-refractivity contribution is 7.89. The number of non-ortho nitro benzene ring substituents is 1. The van der Waals surface area contributed by atoms with Gasteiger partial charge in [-0.05, 0) is 53.6 Å². The molecule has 0 atom stereocenters. The second-order valence-electron chi connectivity index (χ2n) is 6.51. The minimum Gasteiger partial charge on any atom is -0.323 e. The van der Waals surface area contributed by atoms with Crippen molar-refractivity contribution < 1.29 is 18.1 Å². The van der Waals surface area contributed by atoms with Gasteiger partial charge in [0.2, 0.25) is 15.9 Å². The van der Waals surface area contributed by atoms with E-state index < -0.39 is 20.9 Å². The smallest absolute Gasteiger partial charge is 0.269 e. The second-order valence-corrected chi connectivity index (χ2v) is 8.27. The van der Waals surface area contributed by atoms with Crippen molar-refractivity contribution in [2.24, 2.45) is 0 Å². The SMILES string of the molecule is O=C(/C=C/c1ccc([N+](=O)[O-])cc1)Nc1ccc(S(=O)(=O)NCc2ccccc2)cc1. The van der Waals surface area contributed by atoms with Gasteiger partial charge in [0.25, 0.3) is 5.69 Å². The molecule has 0 spiro atoms. The zero-order chi connectivity index (χ0) is 22.3. The summed E-state index contributed by atoms with van der Waals surface area (Å²) in [4.78, 5) is 22.3. The maximum absolute atomic E-state index is 12.4. The van der Waals surface area contributed by atoms with Crippen LogP contribution in [0.2, 0.25) is 0 Å². The molecule has 2 N–H and O–H groups in total. The number of nitrogens with zero attached hydrogens (tertiary/aromatic N) is 1. The molecule has 0 radical (unpaired) electrons. The summed E-state index contributed by atoms with van der Waals surface area (Å²) in [7, 11) is -3.68. The number of nitrogens with one attached hydrogen (secondary N) is 2. The van der Waals surface area contributed by atoms with Crippen molar-refractivity contribution >= 4 is 33.4 Å². The number of anilines is 1. The zero-order valence-electron chi connectivity index (χ0n) is 16.3. The molecule has 0 aliphatic carbocycles. The Morgan fingerprint density at radius 1 is 0.935 bits per heavy atom. The van der Waals surface area contributed by atoms with Crippen LogP contribution in [-0.2, 0) is 21.4 Å². The van der Waals surface area contributed by atoms with Gasteiger partial charge in [-0.15, -0.1) is 0 Å². The molecule has 3 rings (SSSR count). The van der Waals surface area contributed by atoms with E-state index in [0.29, 0.717) is 11.3 Å². The lowest BCUT2D eigenvalue weighted by atomic mass is 10.2. The van der Waals surface area contributed by atoms with Gasteiger partial charge in [-0.3, -0.25) is 14.9 Å². The molecule has 0 heterocycles. The maximum atomic E-state index is 12.4. The third kappa shape index (κ3) is 6.33. The molecule has 1 amide bonds. The van der Waals surface area contributed by atoms with E-state index in [4.69, 9.17) is 0 Å². The zero-order valence-corrected chi connectivity index (χ0v) is 17.1. The molecule has 0 saturated heterocycles. The summed E-state index contributed by atoms with van der Waals surface area (Å²) < 4.78 is 27.4. The Balaban J connectivity index is 1.58. The van der Waals surface area contributed by atoms with Crippen LogP contribution in [0.25, 0.3) is 6.08 Å². The molecule has 0 aromatic heterocycles. The van der Waals surface area contributed by atoms with Crippen LogP contribution in [0, 0.1) is 10.1 Å². The largest absolute Gasteiger partial charge is 0.323 e. The lowest BCUT2D eigenvalue weighted by molar-refractivity contribution is -0.384. The molecule has 0 aliphatic rings. The monoisotopic (exact) mass is 437 g/mol. The van der Waals surface area contributed by atoms with Crippen molar-refractivity contribution in [1.29, 1.82) is 0 Å². The van der Waals surface area contributed by atoms with Crippen LogP contribution in [0.3, 0.4) is 0 Å². The number of hydrogen-bond donors (Lipinski definition) is 2. The van der Waals surface area contributed by atoms with Gasteiger partial charge in [-0.25, -0.2) is 13.1 Å².